The SMILES string of the molecule is CC(C)C(N)CCN(C)C(=O)c1cc(I)c[nH]1. The van der Waals surface area contributed by atoms with Gasteiger partial charge in [0.15, 0.2) is 0 Å². The van der Waals surface area contributed by atoms with Gasteiger partial charge in [0, 0.05) is 29.4 Å². The Hall–Kier alpha value is -0.560. The summed E-state index contributed by atoms with van der Waals surface area (Å²) < 4.78 is 1.04. The standard InChI is InChI=1S/C12H20IN3O/c1-8(2)10(14)4-5-16(3)12(17)11-6-9(13)7-15-11/h6-8,10,15H,4-5,14H2,1-3H3. The van der Waals surface area contributed by atoms with E-state index in [4.69, 9.17) is 5.73 Å². The summed E-state index contributed by atoms with van der Waals surface area (Å²) in [6.45, 7) is 4.88. The number of hydrogen-bond donors (Lipinski definition) is 2. The number of H-pyrrole nitrogens is 1. The first-order valence-electron chi connectivity index (χ1n) is 5.76. The second-order valence-electron chi connectivity index (χ2n) is 4.65. The molecule has 1 rings (SSSR count). The van der Waals surface area contributed by atoms with Crippen molar-refractivity contribution >= 4 is 28.5 Å². The van der Waals surface area contributed by atoms with Gasteiger partial charge in [0.1, 0.15) is 5.69 Å². The Labute approximate surface area is 116 Å². The van der Waals surface area contributed by atoms with Crippen molar-refractivity contribution < 1.29 is 4.79 Å². The fourth-order valence-electron chi connectivity index (χ4n) is 1.47. The second-order valence-corrected chi connectivity index (χ2v) is 5.90. The van der Waals surface area contributed by atoms with Crippen molar-refractivity contribution in [2.45, 2.75) is 26.3 Å². The second kappa shape index (κ2) is 6.39. The zero-order valence-electron chi connectivity index (χ0n) is 10.5. The lowest BCUT2D eigenvalue weighted by molar-refractivity contribution is 0.0784. The van der Waals surface area contributed by atoms with Gasteiger partial charge in [-0.05, 0) is 41.0 Å². The van der Waals surface area contributed by atoms with Crippen LogP contribution >= 0.6 is 22.6 Å². The van der Waals surface area contributed by atoms with E-state index in [0.29, 0.717) is 18.2 Å². The minimum absolute atomic E-state index is 0.0175. The molecule has 1 atom stereocenters. The third kappa shape index (κ3) is 4.31. The number of nitrogens with zero attached hydrogens (tertiary/aromatic N) is 1. The third-order valence-corrected chi connectivity index (χ3v) is 3.50. The number of rotatable bonds is 5. The number of nitrogens with two attached hydrogens (primary N) is 1. The number of carbonyl (C=O) groups excluding carboxylic acids is 1. The van der Waals surface area contributed by atoms with Crippen LogP contribution in [0.4, 0.5) is 0 Å². The van der Waals surface area contributed by atoms with E-state index in [9.17, 15) is 4.79 Å². The van der Waals surface area contributed by atoms with Gasteiger partial charge in [-0.25, -0.2) is 0 Å². The van der Waals surface area contributed by atoms with E-state index in [2.05, 4.69) is 41.4 Å². The maximum absolute atomic E-state index is 12.0. The van der Waals surface area contributed by atoms with Crippen molar-refractivity contribution in [1.82, 2.24) is 9.88 Å². The number of aromatic nitrogens is 1. The first-order valence-corrected chi connectivity index (χ1v) is 6.84. The molecule has 0 fully saturated rings. The summed E-state index contributed by atoms with van der Waals surface area (Å²) in [6.07, 6.45) is 2.65. The van der Waals surface area contributed by atoms with Gasteiger partial charge in [-0.3, -0.25) is 4.79 Å². The minimum Gasteiger partial charge on any atom is -0.356 e. The normalized spacial score (nSPS) is 12.8. The Morgan fingerprint density at radius 2 is 2.24 bits per heavy atom. The molecule has 3 N–H and O–H groups in total. The topological polar surface area (TPSA) is 62.1 Å². The highest BCUT2D eigenvalue weighted by Crippen LogP contribution is 2.09. The van der Waals surface area contributed by atoms with Crippen molar-refractivity contribution in [2.75, 3.05) is 13.6 Å². The Kier molecular flexibility index (Phi) is 5.45. The molecule has 0 bridgehead atoms. The summed E-state index contributed by atoms with van der Waals surface area (Å²) in [5, 5.41) is 0. The van der Waals surface area contributed by atoms with Crippen molar-refractivity contribution in [3.63, 3.8) is 0 Å². The average molecular weight is 349 g/mol. The van der Waals surface area contributed by atoms with Gasteiger partial charge in [0.2, 0.25) is 0 Å². The van der Waals surface area contributed by atoms with Crippen LogP contribution in [0.2, 0.25) is 0 Å². The van der Waals surface area contributed by atoms with Gasteiger partial charge in [0.05, 0.1) is 0 Å². The summed E-state index contributed by atoms with van der Waals surface area (Å²) in [5.74, 6) is 0.466. The smallest absolute Gasteiger partial charge is 0.270 e. The number of aromatic amines is 1. The molecule has 1 unspecified atom stereocenters. The van der Waals surface area contributed by atoms with Gasteiger partial charge in [-0.2, -0.15) is 0 Å². The highest BCUT2D eigenvalue weighted by Gasteiger charge is 2.15. The molecule has 0 aliphatic rings. The highest BCUT2D eigenvalue weighted by atomic mass is 127. The predicted molar refractivity (Wildman–Crippen MR) is 77.9 cm³/mol. The maximum Gasteiger partial charge on any atom is 0.270 e. The zero-order valence-corrected chi connectivity index (χ0v) is 12.7. The predicted octanol–water partition coefficient (Wildman–Crippen LogP) is 2.06. The van der Waals surface area contributed by atoms with Crippen molar-refractivity contribution in [1.29, 1.82) is 0 Å². The number of carbonyl (C=O) groups is 1. The van der Waals surface area contributed by atoms with Crippen molar-refractivity contribution in [3.8, 4) is 0 Å². The quantitative estimate of drug-likeness (QED) is 0.800. The summed E-state index contributed by atoms with van der Waals surface area (Å²) in [7, 11) is 1.81. The Morgan fingerprint density at radius 3 is 2.71 bits per heavy atom. The highest BCUT2D eigenvalue weighted by molar-refractivity contribution is 14.1. The van der Waals surface area contributed by atoms with Gasteiger partial charge in [-0.1, -0.05) is 13.8 Å². The van der Waals surface area contributed by atoms with E-state index in [-0.39, 0.29) is 11.9 Å². The Balaban J connectivity index is 2.48. The van der Waals surface area contributed by atoms with E-state index in [0.717, 1.165) is 9.99 Å². The molecule has 1 aromatic heterocycles. The molecular formula is C12H20IN3O. The molecule has 0 spiro atoms. The van der Waals surface area contributed by atoms with Crippen LogP contribution in [0.25, 0.3) is 0 Å². The fraction of sp³-hybridized carbons (Fsp3) is 0.583. The summed E-state index contributed by atoms with van der Waals surface area (Å²) in [5.41, 5.74) is 6.60. The van der Waals surface area contributed by atoms with E-state index < -0.39 is 0 Å². The van der Waals surface area contributed by atoms with E-state index in [1.54, 1.807) is 4.90 Å². The van der Waals surface area contributed by atoms with Crippen LogP contribution < -0.4 is 5.73 Å². The maximum atomic E-state index is 12.0. The molecule has 4 nitrogen and oxygen atoms in total. The number of amides is 1. The summed E-state index contributed by atoms with van der Waals surface area (Å²) >= 11 is 2.18. The Morgan fingerprint density at radius 1 is 1.59 bits per heavy atom. The van der Waals surface area contributed by atoms with Crippen LogP contribution in [0.1, 0.15) is 30.8 Å². The lowest BCUT2D eigenvalue weighted by Gasteiger charge is -2.21. The van der Waals surface area contributed by atoms with E-state index in [1.165, 1.54) is 0 Å². The van der Waals surface area contributed by atoms with Crippen LogP contribution in [-0.4, -0.2) is 35.4 Å². The molecule has 1 heterocycles. The fourth-order valence-corrected chi connectivity index (χ4v) is 1.94. The van der Waals surface area contributed by atoms with Gasteiger partial charge in [0.25, 0.3) is 5.91 Å². The molecule has 0 saturated carbocycles. The lowest BCUT2D eigenvalue weighted by Crippen LogP contribution is -2.34. The molecular weight excluding hydrogens is 329 g/mol. The van der Waals surface area contributed by atoms with Gasteiger partial charge in [-0.15, -0.1) is 0 Å². The monoisotopic (exact) mass is 349 g/mol. The lowest BCUT2D eigenvalue weighted by atomic mass is 10.0. The Bertz CT molecular complexity index is 376. The molecule has 0 aromatic carbocycles. The largest absolute Gasteiger partial charge is 0.356 e. The minimum atomic E-state index is 0.0175. The molecule has 1 amide bonds. The molecule has 0 radical (unpaired) electrons. The van der Waals surface area contributed by atoms with Crippen LogP contribution in [0, 0.1) is 9.49 Å². The molecule has 17 heavy (non-hydrogen) atoms. The first kappa shape index (κ1) is 14.5. The van der Waals surface area contributed by atoms with Gasteiger partial charge >= 0.3 is 0 Å². The molecule has 0 aliphatic heterocycles. The molecule has 5 heteroatoms. The summed E-state index contributed by atoms with van der Waals surface area (Å²) in [6, 6.07) is 2.00. The van der Waals surface area contributed by atoms with Crippen LogP contribution in [0.5, 0.6) is 0 Å². The van der Waals surface area contributed by atoms with Crippen molar-refractivity contribution in [3.05, 3.63) is 21.5 Å². The number of hydrogen-bond acceptors (Lipinski definition) is 2. The third-order valence-electron chi connectivity index (χ3n) is 2.88. The molecule has 96 valence electrons. The van der Waals surface area contributed by atoms with Crippen LogP contribution in [0.3, 0.4) is 0 Å². The number of nitrogens with one attached hydrogen (secondary N) is 1. The summed E-state index contributed by atoms with van der Waals surface area (Å²) in [4.78, 5) is 16.7. The van der Waals surface area contributed by atoms with E-state index >= 15 is 0 Å². The zero-order chi connectivity index (χ0) is 13.0. The van der Waals surface area contributed by atoms with Crippen LogP contribution in [-0.2, 0) is 0 Å². The van der Waals surface area contributed by atoms with Gasteiger partial charge < -0.3 is 15.6 Å². The molecule has 1 aromatic rings. The number of halogens is 1. The van der Waals surface area contributed by atoms with Crippen molar-refractivity contribution in [2.24, 2.45) is 11.7 Å². The molecule has 0 aliphatic carbocycles. The van der Waals surface area contributed by atoms with Crippen LogP contribution in [0.15, 0.2) is 12.3 Å². The molecule has 0 saturated heterocycles. The average Bonchev–Trinajstić information content (AvgIpc) is 2.70. The first-order chi connectivity index (χ1) is 7.91. The van der Waals surface area contributed by atoms with E-state index in [1.807, 2.05) is 19.3 Å².